The molecule has 0 bridgehead atoms. The third-order valence-electron chi connectivity index (χ3n) is 5.52. The minimum atomic E-state index is -0.157. The average Bonchev–Trinajstić information content (AvgIpc) is 3.08. The fourth-order valence-corrected chi connectivity index (χ4v) is 4.22. The van der Waals surface area contributed by atoms with E-state index in [1.54, 1.807) is 6.21 Å². The maximum Gasteiger partial charge on any atom is 0.244 e. The Morgan fingerprint density at radius 3 is 2.45 bits per heavy atom. The number of para-hydroxylation sites is 1. The number of aromatic nitrogens is 1. The number of hydrogen-bond acceptors (Lipinski definition) is 3. The molecular formula is C27H26IN3O2. The Morgan fingerprint density at radius 1 is 1.03 bits per heavy atom. The minimum absolute atomic E-state index is 0.157. The topological polar surface area (TPSA) is 55.6 Å². The Bertz CT molecular complexity index is 1280. The molecule has 0 fully saturated rings. The van der Waals surface area contributed by atoms with Gasteiger partial charge in [0.15, 0.2) is 0 Å². The Labute approximate surface area is 207 Å². The lowest BCUT2D eigenvalue weighted by molar-refractivity contribution is -0.120. The minimum Gasteiger partial charge on any atom is -0.494 e. The van der Waals surface area contributed by atoms with E-state index in [1.807, 2.05) is 43.3 Å². The fourth-order valence-electron chi connectivity index (χ4n) is 3.86. The molecular weight excluding hydrogens is 525 g/mol. The van der Waals surface area contributed by atoms with Crippen LogP contribution in [0.15, 0.2) is 77.9 Å². The zero-order valence-electron chi connectivity index (χ0n) is 18.7. The molecule has 168 valence electrons. The number of carbonyl (C=O) groups excluding carboxylic acids is 1. The summed E-state index contributed by atoms with van der Waals surface area (Å²) >= 11 is 2.32. The molecule has 6 heteroatoms. The lowest BCUT2D eigenvalue weighted by Crippen LogP contribution is -2.19. The third-order valence-corrected chi connectivity index (χ3v) is 6.23. The number of benzene rings is 3. The van der Waals surface area contributed by atoms with Crippen LogP contribution in [0, 0.1) is 10.5 Å². The van der Waals surface area contributed by atoms with E-state index in [0.717, 1.165) is 40.0 Å². The Morgan fingerprint density at radius 2 is 1.73 bits per heavy atom. The van der Waals surface area contributed by atoms with Crippen molar-refractivity contribution in [3.63, 3.8) is 0 Å². The zero-order chi connectivity index (χ0) is 23.2. The first-order chi connectivity index (χ1) is 16.0. The summed E-state index contributed by atoms with van der Waals surface area (Å²) in [5, 5.41) is 5.38. The first-order valence-electron chi connectivity index (χ1n) is 10.9. The number of ether oxygens (including phenoxy) is 1. The standard InChI is InChI=1S/C27H26IN3O2/c1-3-33-23-14-10-20(11-15-23)16-27(32)30-29-17-25-19(2)31(26-7-5-4-6-24(25)26)18-21-8-12-22(28)13-9-21/h4-15,17H,3,16,18H2,1-2H3,(H,30,32)/b29-17-. The highest BCUT2D eigenvalue weighted by Gasteiger charge is 2.13. The van der Waals surface area contributed by atoms with Crippen LogP contribution in [0.25, 0.3) is 10.9 Å². The summed E-state index contributed by atoms with van der Waals surface area (Å²) in [4.78, 5) is 12.4. The van der Waals surface area contributed by atoms with Crippen LogP contribution in [0.5, 0.6) is 5.75 Å². The van der Waals surface area contributed by atoms with Crippen LogP contribution in [0.4, 0.5) is 0 Å². The molecule has 0 saturated heterocycles. The van der Waals surface area contributed by atoms with E-state index in [9.17, 15) is 4.79 Å². The van der Waals surface area contributed by atoms with Gasteiger partial charge in [0, 0.05) is 32.3 Å². The molecule has 0 aliphatic carbocycles. The van der Waals surface area contributed by atoms with Crippen molar-refractivity contribution in [1.82, 2.24) is 9.99 Å². The highest BCUT2D eigenvalue weighted by molar-refractivity contribution is 14.1. The molecule has 0 unspecified atom stereocenters. The molecule has 33 heavy (non-hydrogen) atoms. The molecule has 0 atom stereocenters. The van der Waals surface area contributed by atoms with E-state index in [0.29, 0.717) is 6.61 Å². The Hall–Kier alpha value is -3.13. The van der Waals surface area contributed by atoms with Gasteiger partial charge in [-0.25, -0.2) is 5.43 Å². The van der Waals surface area contributed by atoms with Gasteiger partial charge < -0.3 is 9.30 Å². The van der Waals surface area contributed by atoms with Crippen LogP contribution >= 0.6 is 22.6 Å². The van der Waals surface area contributed by atoms with E-state index >= 15 is 0 Å². The van der Waals surface area contributed by atoms with Crippen LogP contribution in [0.1, 0.15) is 29.3 Å². The van der Waals surface area contributed by atoms with Gasteiger partial charge in [-0.1, -0.05) is 42.5 Å². The van der Waals surface area contributed by atoms with Crippen molar-refractivity contribution in [2.75, 3.05) is 6.61 Å². The zero-order valence-corrected chi connectivity index (χ0v) is 20.9. The predicted molar refractivity (Wildman–Crippen MR) is 142 cm³/mol. The lowest BCUT2D eigenvalue weighted by Gasteiger charge is -2.09. The molecule has 4 aromatic rings. The largest absolute Gasteiger partial charge is 0.494 e. The molecule has 0 aliphatic heterocycles. The van der Waals surface area contributed by atoms with Gasteiger partial charge in [0.25, 0.3) is 0 Å². The summed E-state index contributed by atoms with van der Waals surface area (Å²) < 4.78 is 8.96. The van der Waals surface area contributed by atoms with Crippen LogP contribution in [-0.2, 0) is 17.8 Å². The smallest absolute Gasteiger partial charge is 0.244 e. The maximum absolute atomic E-state index is 12.4. The molecule has 1 amide bonds. The SMILES string of the molecule is CCOc1ccc(CC(=O)N/N=C\c2c(C)n(Cc3ccc(I)cc3)c3ccccc23)cc1. The Balaban J connectivity index is 1.49. The van der Waals surface area contributed by atoms with Gasteiger partial charge in [-0.2, -0.15) is 5.10 Å². The summed E-state index contributed by atoms with van der Waals surface area (Å²) in [6.07, 6.45) is 2.01. The Kier molecular flexibility index (Phi) is 7.44. The summed E-state index contributed by atoms with van der Waals surface area (Å²) in [5.74, 6) is 0.646. The molecule has 0 saturated carbocycles. The number of rotatable bonds is 8. The monoisotopic (exact) mass is 551 g/mol. The highest BCUT2D eigenvalue weighted by atomic mass is 127. The van der Waals surface area contributed by atoms with E-state index < -0.39 is 0 Å². The van der Waals surface area contributed by atoms with E-state index in [-0.39, 0.29) is 12.3 Å². The van der Waals surface area contributed by atoms with Crippen molar-refractivity contribution < 1.29 is 9.53 Å². The first-order valence-corrected chi connectivity index (χ1v) is 12.0. The lowest BCUT2D eigenvalue weighted by atomic mass is 10.1. The fraction of sp³-hybridized carbons (Fsp3) is 0.185. The maximum atomic E-state index is 12.4. The van der Waals surface area contributed by atoms with Gasteiger partial charge in [0.05, 0.1) is 19.2 Å². The quantitative estimate of drug-likeness (QED) is 0.174. The summed E-state index contributed by atoms with van der Waals surface area (Å²) in [6, 6.07) is 24.4. The van der Waals surface area contributed by atoms with E-state index in [2.05, 4.69) is 81.0 Å². The van der Waals surface area contributed by atoms with Crippen LogP contribution in [-0.4, -0.2) is 23.3 Å². The number of nitrogens with one attached hydrogen (secondary N) is 1. The molecule has 0 radical (unpaired) electrons. The van der Waals surface area contributed by atoms with Gasteiger partial charge in [0.1, 0.15) is 5.75 Å². The number of halogens is 1. The predicted octanol–water partition coefficient (Wildman–Crippen LogP) is 5.69. The normalized spacial score (nSPS) is 11.2. The summed E-state index contributed by atoms with van der Waals surface area (Å²) in [5.41, 5.74) is 8.09. The van der Waals surface area contributed by atoms with Crippen LogP contribution in [0.2, 0.25) is 0 Å². The molecule has 3 aromatic carbocycles. The molecule has 1 heterocycles. The molecule has 5 nitrogen and oxygen atoms in total. The number of nitrogens with zero attached hydrogens (tertiary/aromatic N) is 2. The van der Waals surface area contributed by atoms with Crippen molar-refractivity contribution in [3.8, 4) is 5.75 Å². The summed E-state index contributed by atoms with van der Waals surface area (Å²) in [6.45, 7) is 5.44. The molecule has 0 spiro atoms. The number of carbonyl (C=O) groups is 1. The highest BCUT2D eigenvalue weighted by Crippen LogP contribution is 2.25. The molecule has 1 N–H and O–H groups in total. The second-order valence-corrected chi connectivity index (χ2v) is 9.02. The molecule has 0 aliphatic rings. The van der Waals surface area contributed by atoms with E-state index in [4.69, 9.17) is 4.74 Å². The van der Waals surface area contributed by atoms with Crippen molar-refractivity contribution >= 4 is 45.6 Å². The molecule has 4 rings (SSSR count). The number of fused-ring (bicyclic) bond motifs is 1. The number of hydrogen-bond donors (Lipinski definition) is 1. The molecule has 1 aromatic heterocycles. The summed E-state index contributed by atoms with van der Waals surface area (Å²) in [7, 11) is 0. The van der Waals surface area contributed by atoms with Crippen molar-refractivity contribution in [1.29, 1.82) is 0 Å². The third kappa shape index (κ3) is 5.63. The van der Waals surface area contributed by atoms with E-state index in [1.165, 1.54) is 9.13 Å². The van der Waals surface area contributed by atoms with Gasteiger partial charge in [-0.3, -0.25) is 4.79 Å². The van der Waals surface area contributed by atoms with Gasteiger partial charge in [-0.15, -0.1) is 0 Å². The first kappa shape index (κ1) is 23.0. The van der Waals surface area contributed by atoms with Gasteiger partial charge >= 0.3 is 0 Å². The van der Waals surface area contributed by atoms with Gasteiger partial charge in [-0.05, 0) is 77.9 Å². The second kappa shape index (κ2) is 10.7. The van der Waals surface area contributed by atoms with Gasteiger partial charge in [0.2, 0.25) is 5.91 Å². The van der Waals surface area contributed by atoms with Crippen molar-refractivity contribution in [3.05, 3.63) is 98.8 Å². The van der Waals surface area contributed by atoms with Crippen LogP contribution < -0.4 is 10.2 Å². The van der Waals surface area contributed by atoms with Crippen molar-refractivity contribution in [2.24, 2.45) is 5.10 Å². The van der Waals surface area contributed by atoms with Crippen molar-refractivity contribution in [2.45, 2.75) is 26.8 Å². The number of hydrazone groups is 1. The van der Waals surface area contributed by atoms with Crippen LogP contribution in [0.3, 0.4) is 0 Å². The second-order valence-electron chi connectivity index (χ2n) is 7.78. The average molecular weight is 551 g/mol. The number of amides is 1.